The van der Waals surface area contributed by atoms with Crippen molar-refractivity contribution in [2.45, 2.75) is 45.4 Å². The van der Waals surface area contributed by atoms with Gasteiger partial charge in [-0.25, -0.2) is 4.98 Å². The van der Waals surface area contributed by atoms with Crippen LogP contribution in [0.4, 0.5) is 0 Å². The topological polar surface area (TPSA) is 79.3 Å². The molecule has 0 amide bonds. The Morgan fingerprint density at radius 3 is 2.30 bits per heavy atom. The van der Waals surface area contributed by atoms with Crippen molar-refractivity contribution in [2.75, 3.05) is 14.2 Å². The van der Waals surface area contributed by atoms with Gasteiger partial charge in [-0.05, 0) is 52.8 Å². The maximum atomic E-state index is 12.7. The summed E-state index contributed by atoms with van der Waals surface area (Å²) >= 11 is 12.7. The first-order valence-electron chi connectivity index (χ1n) is 12.8. The average Bonchev–Trinajstić information content (AvgIpc) is 2.93. The minimum atomic E-state index is -1.23. The molecule has 2 atom stereocenters. The lowest BCUT2D eigenvalue weighted by molar-refractivity contribution is 0.395. The van der Waals surface area contributed by atoms with Crippen molar-refractivity contribution >= 4 is 34.6 Å². The molecule has 0 aliphatic rings. The second-order valence-electron chi connectivity index (χ2n) is 10.4. The quantitative estimate of drug-likeness (QED) is 0.206. The predicted molar refractivity (Wildman–Crippen MR) is 166 cm³/mol. The highest BCUT2D eigenvalue weighted by molar-refractivity contribution is 7.90. The maximum absolute atomic E-state index is 12.7. The van der Waals surface area contributed by atoms with Gasteiger partial charge in [-0.15, -0.1) is 4.72 Å². The minimum absolute atomic E-state index is 0.200. The maximum Gasteiger partial charge on any atom is 0.216 e. The number of pyridine rings is 2. The monoisotopic (exact) mass is 597 g/mol. The number of aryl methyl sites for hydroxylation is 1. The van der Waals surface area contributed by atoms with Crippen molar-refractivity contribution in [2.24, 2.45) is 0 Å². The van der Waals surface area contributed by atoms with Crippen molar-refractivity contribution in [3.8, 4) is 45.3 Å². The zero-order chi connectivity index (χ0) is 29.2. The Balaban J connectivity index is 1.73. The molecule has 1 N–H and O–H groups in total. The van der Waals surface area contributed by atoms with E-state index in [0.717, 1.165) is 33.4 Å². The van der Waals surface area contributed by atoms with Crippen LogP contribution in [0.1, 0.15) is 44.9 Å². The van der Waals surface area contributed by atoms with E-state index in [9.17, 15) is 4.55 Å². The van der Waals surface area contributed by atoms with E-state index in [1.807, 2.05) is 89.2 Å². The van der Waals surface area contributed by atoms with E-state index in [1.54, 1.807) is 20.4 Å². The van der Waals surface area contributed by atoms with Gasteiger partial charge < -0.3 is 14.0 Å². The Labute approximate surface area is 249 Å². The smallest absolute Gasteiger partial charge is 0.216 e. The lowest BCUT2D eigenvalue weighted by atomic mass is 9.98. The molecule has 0 aliphatic carbocycles. The third-order valence-electron chi connectivity index (χ3n) is 6.51. The van der Waals surface area contributed by atoms with Crippen LogP contribution in [-0.2, 0) is 11.4 Å². The van der Waals surface area contributed by atoms with Gasteiger partial charge in [0, 0.05) is 50.9 Å². The van der Waals surface area contributed by atoms with E-state index in [4.69, 9.17) is 32.7 Å². The van der Waals surface area contributed by atoms with Gasteiger partial charge in [0.2, 0.25) is 5.88 Å². The standard InChI is InChI=1S/C31H33Cl2N3O3S/c1-18-11-14-25(35-30(18)39-7)24-10-8-9-22(27(24)32)23-15-16-34-29(28(23)33)20-12-13-21(26(17-20)38-6)19(2)36-40(37)31(3,4)5/h8-17,19,36H,1-7H3/t19-,40?/m0/s1. The minimum Gasteiger partial charge on any atom is -0.598 e. The molecule has 4 rings (SSSR count). The van der Waals surface area contributed by atoms with Gasteiger partial charge in [0.15, 0.2) is 0 Å². The average molecular weight is 599 g/mol. The summed E-state index contributed by atoms with van der Waals surface area (Å²) in [7, 11) is 3.21. The number of aromatic nitrogens is 2. The van der Waals surface area contributed by atoms with Gasteiger partial charge in [-0.2, -0.15) is 0 Å². The van der Waals surface area contributed by atoms with Gasteiger partial charge in [-0.1, -0.05) is 59.6 Å². The highest BCUT2D eigenvalue weighted by atomic mass is 35.5. The van der Waals surface area contributed by atoms with Crippen molar-refractivity contribution in [3.05, 3.63) is 82.0 Å². The zero-order valence-electron chi connectivity index (χ0n) is 23.6. The molecule has 0 fully saturated rings. The Bertz CT molecular complexity index is 1520. The molecule has 0 saturated heterocycles. The molecular formula is C31H33Cl2N3O3S. The molecule has 0 aliphatic heterocycles. The summed E-state index contributed by atoms with van der Waals surface area (Å²) in [5.41, 5.74) is 6.19. The highest BCUT2D eigenvalue weighted by Gasteiger charge is 2.29. The summed E-state index contributed by atoms with van der Waals surface area (Å²) in [5, 5.41) is 0.991. The predicted octanol–water partition coefficient (Wildman–Crippen LogP) is 8.22. The lowest BCUT2D eigenvalue weighted by Gasteiger charge is -2.27. The van der Waals surface area contributed by atoms with Crippen molar-refractivity contribution in [1.29, 1.82) is 0 Å². The molecule has 6 nitrogen and oxygen atoms in total. The van der Waals surface area contributed by atoms with Crippen molar-refractivity contribution < 1.29 is 14.0 Å². The van der Waals surface area contributed by atoms with Crippen LogP contribution in [0.3, 0.4) is 0 Å². The molecule has 2 aromatic heterocycles. The van der Waals surface area contributed by atoms with Crippen molar-refractivity contribution in [1.82, 2.24) is 14.7 Å². The number of nitrogens with one attached hydrogen (secondary N) is 1. The summed E-state index contributed by atoms with van der Waals surface area (Å²) in [5.74, 6) is 1.20. The van der Waals surface area contributed by atoms with Crippen LogP contribution >= 0.6 is 23.2 Å². The molecule has 0 radical (unpaired) electrons. The van der Waals surface area contributed by atoms with Gasteiger partial charge in [0.25, 0.3) is 0 Å². The molecule has 0 bridgehead atoms. The van der Waals surface area contributed by atoms with Crippen molar-refractivity contribution in [3.63, 3.8) is 0 Å². The summed E-state index contributed by atoms with van der Waals surface area (Å²) in [6.45, 7) is 9.69. The van der Waals surface area contributed by atoms with Crippen LogP contribution in [-0.4, -0.2) is 33.5 Å². The first-order valence-corrected chi connectivity index (χ1v) is 14.7. The van der Waals surface area contributed by atoms with Crippen LogP contribution in [0.5, 0.6) is 11.6 Å². The SMILES string of the molecule is COc1cc(-c2nccc(-c3cccc(-c4ccc(C)c(OC)n4)c3Cl)c2Cl)ccc1[C@H](C)N[S+]([O-])C(C)(C)C. The largest absolute Gasteiger partial charge is 0.598 e. The first kappa shape index (κ1) is 30.2. The van der Waals surface area contributed by atoms with E-state index >= 15 is 0 Å². The first-order chi connectivity index (χ1) is 19.0. The number of hydrogen-bond acceptors (Lipinski definition) is 6. The molecule has 0 saturated carbocycles. The number of ether oxygens (including phenoxy) is 2. The Morgan fingerprint density at radius 2 is 1.62 bits per heavy atom. The number of rotatable bonds is 8. The van der Waals surface area contributed by atoms with E-state index < -0.39 is 11.4 Å². The van der Waals surface area contributed by atoms with E-state index in [-0.39, 0.29) is 10.8 Å². The third-order valence-corrected chi connectivity index (χ3v) is 8.98. The summed E-state index contributed by atoms with van der Waals surface area (Å²) in [4.78, 5) is 9.21. The zero-order valence-corrected chi connectivity index (χ0v) is 26.0. The second kappa shape index (κ2) is 12.4. The molecule has 1 unspecified atom stereocenters. The van der Waals surface area contributed by atoms with Crippen LogP contribution in [0.2, 0.25) is 10.0 Å². The molecule has 9 heteroatoms. The number of hydrogen-bond donors (Lipinski definition) is 1. The Morgan fingerprint density at radius 1 is 0.925 bits per heavy atom. The van der Waals surface area contributed by atoms with Gasteiger partial charge in [0.05, 0.1) is 41.7 Å². The number of nitrogens with zero attached hydrogens (tertiary/aromatic N) is 2. The third kappa shape index (κ3) is 6.24. The fourth-order valence-corrected chi connectivity index (χ4v) is 5.72. The molecule has 2 heterocycles. The van der Waals surface area contributed by atoms with Gasteiger partial charge in [0.1, 0.15) is 10.5 Å². The number of benzene rings is 2. The second-order valence-corrected chi connectivity index (χ2v) is 13.1. The molecular weight excluding hydrogens is 565 g/mol. The van der Waals surface area contributed by atoms with Crippen LogP contribution in [0.25, 0.3) is 33.6 Å². The summed E-state index contributed by atoms with van der Waals surface area (Å²) < 4.78 is 26.6. The molecule has 210 valence electrons. The molecule has 40 heavy (non-hydrogen) atoms. The van der Waals surface area contributed by atoms with Gasteiger partial charge in [-0.3, -0.25) is 4.98 Å². The van der Waals surface area contributed by atoms with Crippen LogP contribution in [0, 0.1) is 6.92 Å². The van der Waals surface area contributed by atoms with Crippen LogP contribution < -0.4 is 14.2 Å². The highest BCUT2D eigenvalue weighted by Crippen LogP contribution is 2.42. The fourth-order valence-electron chi connectivity index (χ4n) is 4.27. The van der Waals surface area contributed by atoms with E-state index in [0.29, 0.717) is 33.1 Å². The van der Waals surface area contributed by atoms with E-state index in [2.05, 4.69) is 14.7 Å². The number of methoxy groups -OCH3 is 2. The molecule has 0 spiro atoms. The van der Waals surface area contributed by atoms with Gasteiger partial charge >= 0.3 is 0 Å². The molecule has 4 aromatic rings. The normalized spacial score (nSPS) is 13.2. The Kier molecular flexibility index (Phi) is 9.33. The van der Waals surface area contributed by atoms with E-state index in [1.165, 1.54) is 0 Å². The summed E-state index contributed by atoms with van der Waals surface area (Å²) in [6.07, 6.45) is 1.71. The summed E-state index contributed by atoms with van der Waals surface area (Å²) in [6, 6.07) is 17.1. The Hall–Kier alpha value is -2.81. The van der Waals surface area contributed by atoms with Crippen LogP contribution in [0.15, 0.2) is 60.8 Å². The fraction of sp³-hybridized carbons (Fsp3) is 0.290. The molecule has 2 aromatic carbocycles. The number of halogens is 2. The lowest BCUT2D eigenvalue weighted by Crippen LogP contribution is -2.40.